The van der Waals surface area contributed by atoms with E-state index in [0.29, 0.717) is 11.8 Å². The fourth-order valence-electron chi connectivity index (χ4n) is 4.26. The molecular weight excluding hydrogens is 306 g/mol. The number of amides is 2. The van der Waals surface area contributed by atoms with Gasteiger partial charge in [0, 0.05) is 24.3 Å². The van der Waals surface area contributed by atoms with Crippen LogP contribution in [0.5, 0.6) is 0 Å². The first-order valence-electron chi connectivity index (χ1n) is 8.39. The van der Waals surface area contributed by atoms with Crippen LogP contribution in [-0.4, -0.2) is 38.8 Å². The standard InChI is InChI=1S/C17H21N5O2/c23-10-15-11-1-2-12(9-11)16(15)20-17(24)19-13-3-5-14(6-4-13)22-8-7-18-21-22/h3-8,11-12,15-16,23H,1-2,9-10H2,(H2,19,20,24)/t11-,12-,15-,16-/m0/s1. The van der Waals surface area contributed by atoms with Crippen LogP contribution in [0.1, 0.15) is 19.3 Å². The molecule has 126 valence electrons. The van der Waals surface area contributed by atoms with Crippen molar-refractivity contribution in [3.8, 4) is 5.69 Å². The van der Waals surface area contributed by atoms with Gasteiger partial charge in [-0.05, 0) is 55.4 Å². The quantitative estimate of drug-likeness (QED) is 0.798. The van der Waals surface area contributed by atoms with Gasteiger partial charge in [-0.1, -0.05) is 5.21 Å². The minimum atomic E-state index is -0.209. The molecule has 0 spiro atoms. The molecule has 4 rings (SSSR count). The summed E-state index contributed by atoms with van der Waals surface area (Å²) in [6.45, 7) is 0.152. The Balaban J connectivity index is 1.38. The first-order valence-corrected chi connectivity index (χ1v) is 8.39. The Bertz CT molecular complexity index is 700. The number of hydrogen-bond donors (Lipinski definition) is 3. The van der Waals surface area contributed by atoms with E-state index in [-0.39, 0.29) is 24.6 Å². The minimum absolute atomic E-state index is 0.0863. The Morgan fingerprint density at radius 2 is 2.04 bits per heavy atom. The first kappa shape index (κ1) is 15.1. The molecule has 0 saturated heterocycles. The average Bonchev–Trinajstić information content (AvgIpc) is 3.33. The van der Waals surface area contributed by atoms with E-state index in [1.807, 2.05) is 24.3 Å². The van der Waals surface area contributed by atoms with E-state index >= 15 is 0 Å². The van der Waals surface area contributed by atoms with E-state index in [0.717, 1.165) is 24.2 Å². The molecule has 2 aliphatic carbocycles. The smallest absolute Gasteiger partial charge is 0.319 e. The van der Waals surface area contributed by atoms with Crippen LogP contribution in [0.3, 0.4) is 0 Å². The van der Waals surface area contributed by atoms with Gasteiger partial charge in [0.15, 0.2) is 0 Å². The fraction of sp³-hybridized carbons (Fsp3) is 0.471. The molecule has 3 N–H and O–H groups in total. The molecular formula is C17H21N5O2. The van der Waals surface area contributed by atoms with Crippen molar-refractivity contribution in [2.75, 3.05) is 11.9 Å². The van der Waals surface area contributed by atoms with Crippen molar-refractivity contribution in [2.24, 2.45) is 17.8 Å². The minimum Gasteiger partial charge on any atom is -0.396 e. The number of urea groups is 1. The fourth-order valence-corrected chi connectivity index (χ4v) is 4.26. The van der Waals surface area contributed by atoms with Crippen molar-refractivity contribution in [3.63, 3.8) is 0 Å². The summed E-state index contributed by atoms with van der Waals surface area (Å²) < 4.78 is 1.66. The zero-order chi connectivity index (χ0) is 16.5. The molecule has 4 atom stereocenters. The van der Waals surface area contributed by atoms with Crippen LogP contribution in [-0.2, 0) is 0 Å². The molecule has 2 amide bonds. The molecule has 0 unspecified atom stereocenters. The third-order valence-corrected chi connectivity index (χ3v) is 5.41. The highest BCUT2D eigenvalue weighted by atomic mass is 16.3. The number of fused-ring (bicyclic) bond motifs is 2. The number of benzene rings is 1. The number of carbonyl (C=O) groups excluding carboxylic acids is 1. The number of carbonyl (C=O) groups is 1. The molecule has 2 saturated carbocycles. The van der Waals surface area contributed by atoms with Crippen molar-refractivity contribution in [3.05, 3.63) is 36.7 Å². The van der Waals surface area contributed by atoms with E-state index in [1.165, 1.54) is 6.42 Å². The van der Waals surface area contributed by atoms with Gasteiger partial charge in [-0.2, -0.15) is 0 Å². The molecule has 7 heteroatoms. The Labute approximate surface area is 140 Å². The molecule has 2 bridgehead atoms. The van der Waals surface area contributed by atoms with E-state index < -0.39 is 0 Å². The van der Waals surface area contributed by atoms with E-state index in [9.17, 15) is 9.90 Å². The lowest BCUT2D eigenvalue weighted by atomic mass is 9.85. The second kappa shape index (κ2) is 6.24. The lowest BCUT2D eigenvalue weighted by Gasteiger charge is -2.30. The van der Waals surface area contributed by atoms with Crippen molar-refractivity contribution < 1.29 is 9.90 Å². The topological polar surface area (TPSA) is 92.1 Å². The van der Waals surface area contributed by atoms with Crippen molar-refractivity contribution >= 4 is 11.7 Å². The number of anilines is 1. The average molecular weight is 327 g/mol. The summed E-state index contributed by atoms with van der Waals surface area (Å²) in [6.07, 6.45) is 6.84. The van der Waals surface area contributed by atoms with Crippen LogP contribution >= 0.6 is 0 Å². The van der Waals surface area contributed by atoms with Gasteiger partial charge in [-0.15, -0.1) is 5.10 Å². The molecule has 0 aliphatic heterocycles. The van der Waals surface area contributed by atoms with Gasteiger partial charge in [0.05, 0.1) is 18.1 Å². The highest BCUT2D eigenvalue weighted by Crippen LogP contribution is 2.48. The maximum absolute atomic E-state index is 12.3. The predicted molar refractivity (Wildman–Crippen MR) is 88.7 cm³/mol. The van der Waals surface area contributed by atoms with Crippen LogP contribution in [0.4, 0.5) is 10.5 Å². The summed E-state index contributed by atoms with van der Waals surface area (Å²) in [6, 6.07) is 7.29. The van der Waals surface area contributed by atoms with Crippen LogP contribution in [0.25, 0.3) is 5.69 Å². The second-order valence-corrected chi connectivity index (χ2v) is 6.70. The van der Waals surface area contributed by atoms with Gasteiger partial charge in [0.25, 0.3) is 0 Å². The van der Waals surface area contributed by atoms with Crippen LogP contribution in [0.2, 0.25) is 0 Å². The normalized spacial score (nSPS) is 28.0. The number of hydrogen-bond acceptors (Lipinski definition) is 4. The molecule has 7 nitrogen and oxygen atoms in total. The monoisotopic (exact) mass is 327 g/mol. The number of nitrogens with zero attached hydrogens (tertiary/aromatic N) is 3. The summed E-state index contributed by atoms with van der Waals surface area (Å²) in [7, 11) is 0. The summed E-state index contributed by atoms with van der Waals surface area (Å²) >= 11 is 0. The predicted octanol–water partition coefficient (Wildman–Crippen LogP) is 1.80. The largest absolute Gasteiger partial charge is 0.396 e. The lowest BCUT2D eigenvalue weighted by Crippen LogP contribution is -2.46. The number of aliphatic hydroxyl groups is 1. The van der Waals surface area contributed by atoms with Gasteiger partial charge >= 0.3 is 6.03 Å². The molecule has 0 radical (unpaired) electrons. The maximum Gasteiger partial charge on any atom is 0.319 e. The third kappa shape index (κ3) is 2.75. The van der Waals surface area contributed by atoms with Crippen LogP contribution < -0.4 is 10.6 Å². The number of aromatic nitrogens is 3. The third-order valence-electron chi connectivity index (χ3n) is 5.41. The lowest BCUT2D eigenvalue weighted by molar-refractivity contribution is 0.146. The van der Waals surface area contributed by atoms with Gasteiger partial charge in [-0.3, -0.25) is 0 Å². The van der Waals surface area contributed by atoms with E-state index in [4.69, 9.17) is 0 Å². The molecule has 2 aliphatic rings. The number of nitrogens with one attached hydrogen (secondary N) is 2. The van der Waals surface area contributed by atoms with Gasteiger partial charge in [0.1, 0.15) is 0 Å². The van der Waals surface area contributed by atoms with Crippen LogP contribution in [0, 0.1) is 17.8 Å². The first-order chi connectivity index (χ1) is 11.7. The Morgan fingerprint density at radius 3 is 2.75 bits per heavy atom. The van der Waals surface area contributed by atoms with Crippen molar-refractivity contribution in [2.45, 2.75) is 25.3 Å². The molecule has 24 heavy (non-hydrogen) atoms. The van der Waals surface area contributed by atoms with Crippen molar-refractivity contribution in [1.29, 1.82) is 0 Å². The Hall–Kier alpha value is -2.41. The molecule has 2 fully saturated rings. The zero-order valence-electron chi connectivity index (χ0n) is 13.3. The Kier molecular flexibility index (Phi) is 3.93. The molecule has 2 aromatic rings. The zero-order valence-corrected chi connectivity index (χ0v) is 13.3. The molecule has 1 aromatic carbocycles. The molecule has 1 aromatic heterocycles. The highest BCUT2D eigenvalue weighted by Gasteiger charge is 2.47. The van der Waals surface area contributed by atoms with E-state index in [2.05, 4.69) is 20.9 Å². The number of aliphatic hydroxyl groups excluding tert-OH is 1. The van der Waals surface area contributed by atoms with Gasteiger partial charge in [-0.25, -0.2) is 9.48 Å². The van der Waals surface area contributed by atoms with Crippen molar-refractivity contribution in [1.82, 2.24) is 20.3 Å². The SMILES string of the molecule is O=C(Nc1ccc(-n2ccnn2)cc1)N[C@H]1[C@H]2CC[C@@H](C2)[C@@H]1CO. The molecule has 1 heterocycles. The Morgan fingerprint density at radius 1 is 1.25 bits per heavy atom. The van der Waals surface area contributed by atoms with Crippen LogP contribution in [0.15, 0.2) is 36.7 Å². The van der Waals surface area contributed by atoms with Gasteiger partial charge in [0.2, 0.25) is 0 Å². The summed E-state index contributed by atoms with van der Waals surface area (Å²) in [5.41, 5.74) is 1.60. The van der Waals surface area contributed by atoms with E-state index in [1.54, 1.807) is 17.1 Å². The summed E-state index contributed by atoms with van der Waals surface area (Å²) in [5.74, 6) is 1.27. The van der Waals surface area contributed by atoms with Gasteiger partial charge < -0.3 is 15.7 Å². The summed E-state index contributed by atoms with van der Waals surface area (Å²) in [4.78, 5) is 12.3. The maximum atomic E-state index is 12.3. The summed E-state index contributed by atoms with van der Waals surface area (Å²) in [5, 5.41) is 23.2. The number of rotatable bonds is 4. The second-order valence-electron chi connectivity index (χ2n) is 6.70. The highest BCUT2D eigenvalue weighted by molar-refractivity contribution is 5.89.